The van der Waals surface area contributed by atoms with E-state index in [-0.39, 0.29) is 24.8 Å². The maximum atomic E-state index is 12.1. The third-order valence-corrected chi connectivity index (χ3v) is 4.27. The van der Waals surface area contributed by atoms with E-state index in [2.05, 4.69) is 10.6 Å². The Kier molecular flexibility index (Phi) is 6.23. The number of hydrogen-bond acceptors (Lipinski definition) is 2. The van der Waals surface area contributed by atoms with Gasteiger partial charge in [0, 0.05) is 29.2 Å². The van der Waals surface area contributed by atoms with Crippen molar-refractivity contribution in [2.45, 2.75) is 6.42 Å². The molecule has 27 heavy (non-hydrogen) atoms. The van der Waals surface area contributed by atoms with Crippen LogP contribution in [0.3, 0.4) is 0 Å². The van der Waals surface area contributed by atoms with Crippen molar-refractivity contribution in [3.8, 4) is 11.1 Å². The van der Waals surface area contributed by atoms with Crippen LogP contribution in [0, 0.1) is 0 Å². The van der Waals surface area contributed by atoms with Crippen LogP contribution in [0.25, 0.3) is 11.1 Å². The molecule has 0 bridgehead atoms. The molecule has 3 rings (SSSR count). The summed E-state index contributed by atoms with van der Waals surface area (Å²) in [6.07, 6.45) is 0.194. The molecule has 0 spiro atoms. The zero-order chi connectivity index (χ0) is 19.1. The minimum Gasteiger partial charge on any atom is -0.352 e. The number of amides is 2. The SMILES string of the molecule is O=C(CCNC(=O)c1ccc(Cl)cc1)Nc1ccc(-c2ccccc2)cc1. The first-order valence-corrected chi connectivity index (χ1v) is 8.99. The molecule has 0 heterocycles. The Labute approximate surface area is 163 Å². The molecule has 0 unspecified atom stereocenters. The summed E-state index contributed by atoms with van der Waals surface area (Å²) >= 11 is 5.80. The van der Waals surface area contributed by atoms with E-state index in [0.29, 0.717) is 10.6 Å². The molecular weight excluding hydrogens is 360 g/mol. The highest BCUT2D eigenvalue weighted by Gasteiger charge is 2.07. The van der Waals surface area contributed by atoms with Gasteiger partial charge in [0.1, 0.15) is 0 Å². The van der Waals surface area contributed by atoms with Crippen molar-refractivity contribution in [3.63, 3.8) is 0 Å². The Morgan fingerprint density at radius 3 is 2.07 bits per heavy atom. The van der Waals surface area contributed by atoms with Crippen molar-refractivity contribution >= 4 is 29.1 Å². The number of anilines is 1. The van der Waals surface area contributed by atoms with Gasteiger partial charge in [0.2, 0.25) is 5.91 Å². The first-order valence-electron chi connectivity index (χ1n) is 8.61. The Hall–Kier alpha value is -3.11. The normalized spacial score (nSPS) is 10.3. The summed E-state index contributed by atoms with van der Waals surface area (Å²) in [7, 11) is 0. The fourth-order valence-electron chi connectivity index (χ4n) is 2.59. The van der Waals surface area contributed by atoms with E-state index in [1.165, 1.54) is 0 Å². The summed E-state index contributed by atoms with van der Waals surface area (Å²) in [6, 6.07) is 24.3. The second-order valence-electron chi connectivity index (χ2n) is 6.00. The van der Waals surface area contributed by atoms with Gasteiger partial charge in [-0.1, -0.05) is 54.1 Å². The van der Waals surface area contributed by atoms with E-state index >= 15 is 0 Å². The summed E-state index contributed by atoms with van der Waals surface area (Å²) < 4.78 is 0. The molecule has 3 aromatic carbocycles. The molecule has 0 saturated carbocycles. The van der Waals surface area contributed by atoms with Gasteiger partial charge < -0.3 is 10.6 Å². The molecule has 0 saturated heterocycles. The van der Waals surface area contributed by atoms with Gasteiger partial charge in [0.15, 0.2) is 0 Å². The van der Waals surface area contributed by atoms with Crippen LogP contribution in [0.1, 0.15) is 16.8 Å². The minimum atomic E-state index is -0.230. The van der Waals surface area contributed by atoms with Crippen molar-refractivity contribution < 1.29 is 9.59 Å². The number of nitrogens with one attached hydrogen (secondary N) is 2. The smallest absolute Gasteiger partial charge is 0.251 e. The lowest BCUT2D eigenvalue weighted by molar-refractivity contribution is -0.116. The molecular formula is C22H19ClN2O2. The molecule has 0 aromatic heterocycles. The quantitative estimate of drug-likeness (QED) is 0.649. The predicted molar refractivity (Wildman–Crippen MR) is 109 cm³/mol. The van der Waals surface area contributed by atoms with Crippen LogP contribution < -0.4 is 10.6 Å². The topological polar surface area (TPSA) is 58.2 Å². The molecule has 0 atom stereocenters. The van der Waals surface area contributed by atoms with E-state index < -0.39 is 0 Å². The standard InChI is InChI=1S/C22H19ClN2O2/c23-19-10-6-18(7-11-19)22(27)24-15-14-21(26)25-20-12-8-17(9-13-20)16-4-2-1-3-5-16/h1-13H,14-15H2,(H,24,27)(H,25,26). The number of carbonyl (C=O) groups is 2. The monoisotopic (exact) mass is 378 g/mol. The third kappa shape index (κ3) is 5.43. The lowest BCUT2D eigenvalue weighted by atomic mass is 10.1. The maximum Gasteiger partial charge on any atom is 0.251 e. The van der Waals surface area contributed by atoms with Crippen LogP contribution in [0.5, 0.6) is 0 Å². The molecule has 0 aliphatic rings. The largest absolute Gasteiger partial charge is 0.352 e. The van der Waals surface area contributed by atoms with E-state index in [9.17, 15) is 9.59 Å². The van der Waals surface area contributed by atoms with Gasteiger partial charge in [0.05, 0.1) is 0 Å². The zero-order valence-corrected chi connectivity index (χ0v) is 15.4. The fourth-order valence-corrected chi connectivity index (χ4v) is 2.72. The minimum absolute atomic E-state index is 0.154. The predicted octanol–water partition coefficient (Wildman–Crippen LogP) is 4.77. The Bertz CT molecular complexity index is 907. The van der Waals surface area contributed by atoms with Crippen molar-refractivity contribution in [1.29, 1.82) is 0 Å². The second-order valence-corrected chi connectivity index (χ2v) is 6.44. The summed E-state index contributed by atoms with van der Waals surface area (Å²) in [5.41, 5.74) is 3.45. The van der Waals surface area contributed by atoms with Crippen molar-refractivity contribution in [2.75, 3.05) is 11.9 Å². The van der Waals surface area contributed by atoms with Crippen molar-refractivity contribution in [2.24, 2.45) is 0 Å². The summed E-state index contributed by atoms with van der Waals surface area (Å²) in [4.78, 5) is 24.0. The molecule has 4 nitrogen and oxygen atoms in total. The van der Waals surface area contributed by atoms with Crippen LogP contribution in [-0.2, 0) is 4.79 Å². The number of benzene rings is 3. The van der Waals surface area contributed by atoms with Crippen molar-refractivity contribution in [3.05, 3.63) is 89.4 Å². The van der Waals surface area contributed by atoms with Crippen LogP contribution in [0.15, 0.2) is 78.9 Å². The molecule has 2 amide bonds. The number of hydrogen-bond donors (Lipinski definition) is 2. The first-order chi connectivity index (χ1) is 13.1. The molecule has 0 radical (unpaired) electrons. The van der Waals surface area contributed by atoms with Gasteiger partial charge in [-0.05, 0) is 47.5 Å². The summed E-state index contributed by atoms with van der Waals surface area (Å²) in [6.45, 7) is 0.259. The van der Waals surface area contributed by atoms with Crippen LogP contribution in [0.2, 0.25) is 5.02 Å². The highest BCUT2D eigenvalue weighted by molar-refractivity contribution is 6.30. The van der Waals surface area contributed by atoms with E-state index in [4.69, 9.17) is 11.6 Å². The van der Waals surface area contributed by atoms with Crippen molar-refractivity contribution in [1.82, 2.24) is 5.32 Å². The number of rotatable bonds is 6. The van der Waals surface area contributed by atoms with Gasteiger partial charge >= 0.3 is 0 Å². The van der Waals surface area contributed by atoms with Crippen LogP contribution in [-0.4, -0.2) is 18.4 Å². The first kappa shape index (κ1) is 18.7. The second kappa shape index (κ2) is 9.01. The molecule has 2 N–H and O–H groups in total. The molecule has 0 fully saturated rings. The van der Waals surface area contributed by atoms with E-state index in [1.54, 1.807) is 24.3 Å². The highest BCUT2D eigenvalue weighted by atomic mass is 35.5. The zero-order valence-electron chi connectivity index (χ0n) is 14.6. The summed E-state index contributed by atoms with van der Waals surface area (Å²) in [5, 5.41) is 6.13. The van der Waals surface area contributed by atoms with Gasteiger partial charge in [-0.25, -0.2) is 0 Å². The van der Waals surface area contributed by atoms with Crippen LogP contribution >= 0.6 is 11.6 Å². The summed E-state index contributed by atoms with van der Waals surface area (Å²) in [5.74, 6) is -0.384. The average molecular weight is 379 g/mol. The Morgan fingerprint density at radius 2 is 1.41 bits per heavy atom. The number of carbonyl (C=O) groups excluding carboxylic acids is 2. The average Bonchev–Trinajstić information content (AvgIpc) is 2.69. The Balaban J connectivity index is 1.46. The van der Waals surface area contributed by atoms with Gasteiger partial charge in [-0.2, -0.15) is 0 Å². The van der Waals surface area contributed by atoms with E-state index in [1.807, 2.05) is 54.6 Å². The Morgan fingerprint density at radius 1 is 0.778 bits per heavy atom. The molecule has 0 aliphatic carbocycles. The molecule has 3 aromatic rings. The van der Waals surface area contributed by atoms with Gasteiger partial charge in [-0.15, -0.1) is 0 Å². The molecule has 136 valence electrons. The van der Waals surface area contributed by atoms with Gasteiger partial charge in [-0.3, -0.25) is 9.59 Å². The third-order valence-electron chi connectivity index (χ3n) is 4.02. The lowest BCUT2D eigenvalue weighted by Crippen LogP contribution is -2.27. The molecule has 0 aliphatic heterocycles. The fraction of sp³-hybridized carbons (Fsp3) is 0.0909. The highest BCUT2D eigenvalue weighted by Crippen LogP contribution is 2.21. The van der Waals surface area contributed by atoms with Gasteiger partial charge in [0.25, 0.3) is 5.91 Å². The number of halogens is 1. The molecule has 5 heteroatoms. The lowest BCUT2D eigenvalue weighted by Gasteiger charge is -2.08. The van der Waals surface area contributed by atoms with E-state index in [0.717, 1.165) is 16.8 Å². The van der Waals surface area contributed by atoms with Crippen LogP contribution in [0.4, 0.5) is 5.69 Å². The maximum absolute atomic E-state index is 12.1.